The minimum absolute atomic E-state index is 0.0363. The van der Waals surface area contributed by atoms with Crippen molar-refractivity contribution in [2.75, 3.05) is 6.26 Å². The second-order valence-corrected chi connectivity index (χ2v) is 5.65. The number of benzene rings is 1. The molecule has 1 aromatic heterocycles. The molecule has 2 rings (SSSR count). The lowest BCUT2D eigenvalue weighted by molar-refractivity contribution is 0.0312. The molecule has 0 radical (unpaired) electrons. The number of halogens is 2. The predicted molar refractivity (Wildman–Crippen MR) is 84.4 cm³/mol. The Morgan fingerprint density at radius 1 is 1.30 bits per heavy atom. The summed E-state index contributed by atoms with van der Waals surface area (Å²) in [6.45, 7) is 1.42. The van der Waals surface area contributed by atoms with E-state index in [0.29, 0.717) is 5.16 Å². The molecular formula is C15H12ClFN2O3S. The van der Waals surface area contributed by atoms with Gasteiger partial charge in [0.2, 0.25) is 5.78 Å². The van der Waals surface area contributed by atoms with Crippen molar-refractivity contribution in [3.63, 3.8) is 0 Å². The van der Waals surface area contributed by atoms with Crippen LogP contribution in [0.25, 0.3) is 0 Å². The van der Waals surface area contributed by atoms with E-state index in [1.165, 1.54) is 37.0 Å². The van der Waals surface area contributed by atoms with Crippen LogP contribution in [0.2, 0.25) is 5.02 Å². The van der Waals surface area contributed by atoms with Crippen LogP contribution in [0.4, 0.5) is 4.39 Å². The van der Waals surface area contributed by atoms with E-state index in [4.69, 9.17) is 16.3 Å². The van der Waals surface area contributed by atoms with E-state index in [-0.39, 0.29) is 16.3 Å². The minimum atomic E-state index is -1.06. The first kappa shape index (κ1) is 17.4. The molecule has 5 nitrogen and oxygen atoms in total. The first-order valence-electron chi connectivity index (χ1n) is 6.49. The van der Waals surface area contributed by atoms with Crippen molar-refractivity contribution in [3.05, 3.63) is 52.6 Å². The molecule has 0 bridgehead atoms. The first-order chi connectivity index (χ1) is 10.9. The molecule has 0 aliphatic rings. The maximum Gasteiger partial charge on any atom is 0.359 e. The van der Waals surface area contributed by atoms with Crippen molar-refractivity contribution in [1.82, 2.24) is 9.97 Å². The van der Waals surface area contributed by atoms with Crippen LogP contribution in [0.3, 0.4) is 0 Å². The number of hydrogen-bond acceptors (Lipinski definition) is 6. The molecule has 2 aromatic rings. The second-order valence-electron chi connectivity index (χ2n) is 4.47. The fourth-order valence-corrected chi connectivity index (χ4v) is 2.22. The third kappa shape index (κ3) is 4.27. The summed E-state index contributed by atoms with van der Waals surface area (Å²) in [4.78, 5) is 32.2. The van der Waals surface area contributed by atoms with Gasteiger partial charge in [0.25, 0.3) is 0 Å². The lowest BCUT2D eigenvalue weighted by atomic mass is 10.1. The van der Waals surface area contributed by atoms with Gasteiger partial charge in [-0.25, -0.2) is 19.2 Å². The molecule has 1 atom stereocenters. The Morgan fingerprint density at radius 2 is 1.96 bits per heavy atom. The van der Waals surface area contributed by atoms with Crippen molar-refractivity contribution < 1.29 is 18.7 Å². The Balaban J connectivity index is 2.13. The van der Waals surface area contributed by atoms with Gasteiger partial charge in [0.1, 0.15) is 5.82 Å². The van der Waals surface area contributed by atoms with Crippen LogP contribution in [0, 0.1) is 5.82 Å². The third-order valence-electron chi connectivity index (χ3n) is 2.88. The van der Waals surface area contributed by atoms with Gasteiger partial charge >= 0.3 is 5.97 Å². The number of hydrogen-bond donors (Lipinski definition) is 0. The molecule has 0 aliphatic heterocycles. The Hall–Kier alpha value is -1.99. The zero-order valence-corrected chi connectivity index (χ0v) is 13.8. The van der Waals surface area contributed by atoms with Crippen LogP contribution in [-0.4, -0.2) is 34.1 Å². The van der Waals surface area contributed by atoms with E-state index in [2.05, 4.69) is 9.97 Å². The zero-order chi connectivity index (χ0) is 17.0. The number of rotatable bonds is 5. The van der Waals surface area contributed by atoms with Crippen LogP contribution in [-0.2, 0) is 4.74 Å². The summed E-state index contributed by atoms with van der Waals surface area (Å²) in [7, 11) is 0. The molecule has 0 fully saturated rings. The van der Waals surface area contributed by atoms with Gasteiger partial charge in [-0.2, -0.15) is 0 Å². The van der Waals surface area contributed by atoms with Crippen LogP contribution in [0.15, 0.2) is 35.6 Å². The number of nitrogens with zero attached hydrogens (tertiary/aromatic N) is 2. The quantitative estimate of drug-likeness (QED) is 0.354. The average Bonchev–Trinajstić information content (AvgIpc) is 2.55. The van der Waals surface area contributed by atoms with Crippen molar-refractivity contribution in [3.8, 4) is 0 Å². The summed E-state index contributed by atoms with van der Waals surface area (Å²) >= 11 is 7.13. The SMILES string of the molecule is CSc1ncc(Cl)c(C(=O)OC(C)C(=O)c2ccc(F)cc2)n1. The van der Waals surface area contributed by atoms with Gasteiger partial charge in [-0.3, -0.25) is 4.79 Å². The Labute approximate surface area is 141 Å². The highest BCUT2D eigenvalue weighted by Gasteiger charge is 2.23. The summed E-state index contributed by atoms with van der Waals surface area (Å²) in [5.41, 5.74) is 0.134. The fourth-order valence-electron chi connectivity index (χ4n) is 1.71. The number of thioether (sulfide) groups is 1. The zero-order valence-electron chi connectivity index (χ0n) is 12.2. The standard InChI is InChI=1S/C15H12ClFN2O3S/c1-8(13(20)9-3-5-10(17)6-4-9)22-14(21)12-11(16)7-18-15(19-12)23-2/h3-8H,1-2H3. The Kier molecular flexibility index (Phi) is 5.68. The molecule has 23 heavy (non-hydrogen) atoms. The summed E-state index contributed by atoms with van der Waals surface area (Å²) in [5.74, 6) is -1.73. The summed E-state index contributed by atoms with van der Waals surface area (Å²) in [6.07, 6.45) is 1.99. The highest BCUT2D eigenvalue weighted by atomic mass is 35.5. The topological polar surface area (TPSA) is 69.2 Å². The highest BCUT2D eigenvalue weighted by molar-refractivity contribution is 7.98. The lowest BCUT2D eigenvalue weighted by Gasteiger charge is -2.12. The summed E-state index contributed by atoms with van der Waals surface area (Å²) in [5, 5.41) is 0.396. The molecule has 8 heteroatoms. The summed E-state index contributed by atoms with van der Waals surface area (Å²) in [6, 6.07) is 4.97. The molecular weight excluding hydrogens is 343 g/mol. The lowest BCUT2D eigenvalue weighted by Crippen LogP contribution is -2.25. The predicted octanol–water partition coefficient (Wildman–Crippen LogP) is 3.42. The fraction of sp³-hybridized carbons (Fsp3) is 0.200. The van der Waals surface area contributed by atoms with E-state index in [0.717, 1.165) is 12.1 Å². The molecule has 120 valence electrons. The normalized spacial score (nSPS) is 11.8. The van der Waals surface area contributed by atoms with Gasteiger partial charge < -0.3 is 4.74 Å². The number of esters is 1. The number of ketones is 1. The van der Waals surface area contributed by atoms with Gasteiger partial charge in [-0.1, -0.05) is 23.4 Å². The molecule has 0 saturated heterocycles. The average molecular weight is 355 g/mol. The number of aromatic nitrogens is 2. The smallest absolute Gasteiger partial charge is 0.359 e. The van der Waals surface area contributed by atoms with Crippen LogP contribution < -0.4 is 0 Å². The number of carbonyl (C=O) groups excluding carboxylic acids is 2. The molecule has 1 aromatic carbocycles. The monoisotopic (exact) mass is 354 g/mol. The number of Topliss-reactive ketones (excluding diaryl/α,β-unsaturated/α-hetero) is 1. The molecule has 0 N–H and O–H groups in total. The van der Waals surface area contributed by atoms with Crippen molar-refractivity contribution in [2.45, 2.75) is 18.2 Å². The van der Waals surface area contributed by atoms with Gasteiger partial charge in [-0.15, -0.1) is 0 Å². The number of ether oxygens (including phenoxy) is 1. The van der Waals surface area contributed by atoms with Crippen LogP contribution in [0.1, 0.15) is 27.8 Å². The van der Waals surface area contributed by atoms with Crippen molar-refractivity contribution in [1.29, 1.82) is 0 Å². The summed E-state index contributed by atoms with van der Waals surface area (Å²) < 4.78 is 18.0. The maximum atomic E-state index is 12.9. The van der Waals surface area contributed by atoms with E-state index in [9.17, 15) is 14.0 Å². The van der Waals surface area contributed by atoms with Crippen molar-refractivity contribution >= 4 is 35.1 Å². The molecule has 1 heterocycles. The maximum absolute atomic E-state index is 12.9. The molecule has 1 unspecified atom stereocenters. The van der Waals surface area contributed by atoms with E-state index >= 15 is 0 Å². The van der Waals surface area contributed by atoms with Gasteiger partial charge in [0.05, 0.1) is 11.2 Å². The van der Waals surface area contributed by atoms with Crippen LogP contribution >= 0.6 is 23.4 Å². The largest absolute Gasteiger partial charge is 0.449 e. The third-order valence-corrected chi connectivity index (χ3v) is 3.72. The van der Waals surface area contributed by atoms with Gasteiger partial charge in [0.15, 0.2) is 17.0 Å². The number of carbonyl (C=O) groups is 2. The second kappa shape index (κ2) is 7.52. The van der Waals surface area contributed by atoms with E-state index in [1.54, 1.807) is 6.26 Å². The van der Waals surface area contributed by atoms with Gasteiger partial charge in [-0.05, 0) is 37.4 Å². The van der Waals surface area contributed by atoms with Crippen molar-refractivity contribution in [2.24, 2.45) is 0 Å². The highest BCUT2D eigenvalue weighted by Crippen LogP contribution is 2.18. The molecule has 0 spiro atoms. The molecule has 0 saturated carbocycles. The van der Waals surface area contributed by atoms with E-state index < -0.39 is 23.7 Å². The first-order valence-corrected chi connectivity index (χ1v) is 8.10. The van der Waals surface area contributed by atoms with Gasteiger partial charge in [0, 0.05) is 5.56 Å². The molecule has 0 aliphatic carbocycles. The molecule has 0 amide bonds. The van der Waals surface area contributed by atoms with Crippen LogP contribution in [0.5, 0.6) is 0 Å². The van der Waals surface area contributed by atoms with E-state index in [1.807, 2.05) is 0 Å². The Bertz CT molecular complexity index is 740. The Morgan fingerprint density at radius 3 is 2.57 bits per heavy atom. The minimum Gasteiger partial charge on any atom is -0.449 e.